The van der Waals surface area contributed by atoms with Gasteiger partial charge in [-0.25, -0.2) is 0 Å². The average Bonchev–Trinajstić information content (AvgIpc) is 2.34. The van der Waals surface area contributed by atoms with Crippen LogP contribution < -0.4 is 15.4 Å². The lowest BCUT2D eigenvalue weighted by Crippen LogP contribution is -2.45. The fraction of sp³-hybridized carbons (Fsp3) is 0.462. The summed E-state index contributed by atoms with van der Waals surface area (Å²) >= 11 is 0. The Hall–Kier alpha value is -1.40. The molecular formula is C13H18N2O3S. The molecule has 1 atom stereocenters. The zero-order valence-electron chi connectivity index (χ0n) is 10.8. The molecule has 1 aromatic carbocycles. The topological polar surface area (TPSA) is 67.4 Å². The summed E-state index contributed by atoms with van der Waals surface area (Å²) in [6.07, 6.45) is 0. The minimum absolute atomic E-state index is 0.0493. The van der Waals surface area contributed by atoms with Crippen molar-refractivity contribution in [2.24, 2.45) is 5.92 Å². The molecule has 1 fully saturated rings. The van der Waals surface area contributed by atoms with Crippen molar-refractivity contribution in [1.82, 2.24) is 5.32 Å². The monoisotopic (exact) mass is 282 g/mol. The first kappa shape index (κ1) is 14.0. The summed E-state index contributed by atoms with van der Waals surface area (Å²) in [4.78, 5) is 11.7. The number of nitrogens with one attached hydrogen (secondary N) is 2. The molecule has 0 spiro atoms. The van der Waals surface area contributed by atoms with Gasteiger partial charge in [-0.2, -0.15) is 0 Å². The Morgan fingerprint density at radius 2 is 2.32 bits per heavy atom. The van der Waals surface area contributed by atoms with Crippen LogP contribution in [-0.4, -0.2) is 41.8 Å². The first-order valence-corrected chi connectivity index (χ1v) is 7.66. The van der Waals surface area contributed by atoms with Gasteiger partial charge in [-0.1, -0.05) is 6.07 Å². The van der Waals surface area contributed by atoms with E-state index in [1.54, 1.807) is 31.4 Å². The number of amides is 1. The quantitative estimate of drug-likeness (QED) is 0.802. The van der Waals surface area contributed by atoms with E-state index in [0.29, 0.717) is 23.1 Å². The van der Waals surface area contributed by atoms with Crippen molar-refractivity contribution in [2.45, 2.75) is 0 Å². The van der Waals surface area contributed by atoms with Crippen molar-refractivity contribution in [2.75, 3.05) is 37.0 Å². The molecule has 0 aliphatic carbocycles. The highest BCUT2D eigenvalue weighted by atomic mass is 32.2. The van der Waals surface area contributed by atoms with Crippen molar-refractivity contribution in [1.29, 1.82) is 0 Å². The Bertz CT molecular complexity index is 475. The maximum absolute atomic E-state index is 11.8. The molecule has 5 nitrogen and oxygen atoms in total. The number of hydrogen-bond donors (Lipinski definition) is 2. The Morgan fingerprint density at radius 1 is 1.53 bits per heavy atom. The van der Waals surface area contributed by atoms with E-state index >= 15 is 0 Å². The van der Waals surface area contributed by atoms with Crippen molar-refractivity contribution >= 4 is 22.4 Å². The molecule has 6 heteroatoms. The third-order valence-corrected chi connectivity index (χ3v) is 4.36. The highest BCUT2D eigenvalue weighted by Gasteiger charge is 2.20. The van der Waals surface area contributed by atoms with Crippen LogP contribution in [0.15, 0.2) is 24.3 Å². The normalized spacial score (nSPS) is 16.5. The lowest BCUT2D eigenvalue weighted by atomic mass is 10.1. The van der Waals surface area contributed by atoms with Crippen LogP contribution in [0, 0.1) is 5.92 Å². The van der Waals surface area contributed by atoms with Crippen molar-refractivity contribution < 1.29 is 13.7 Å². The summed E-state index contributed by atoms with van der Waals surface area (Å²) in [7, 11) is 0.479. The molecule has 1 saturated heterocycles. The van der Waals surface area contributed by atoms with Gasteiger partial charge in [0.1, 0.15) is 11.5 Å². The van der Waals surface area contributed by atoms with Crippen molar-refractivity contribution in [3.05, 3.63) is 24.3 Å². The van der Waals surface area contributed by atoms with Gasteiger partial charge in [-0.3, -0.25) is 9.00 Å². The van der Waals surface area contributed by atoms with Crippen molar-refractivity contribution in [3.8, 4) is 5.75 Å². The number of methoxy groups -OCH3 is 1. The number of carbonyl (C=O) groups excluding carboxylic acids is 1. The second kappa shape index (κ2) is 6.68. The summed E-state index contributed by atoms with van der Waals surface area (Å²) in [6.45, 7) is 1.81. The Labute approximate surface area is 115 Å². The molecule has 0 aromatic heterocycles. The summed E-state index contributed by atoms with van der Waals surface area (Å²) in [5.41, 5.74) is 0.659. The number of carbonyl (C=O) groups is 1. The molecular weight excluding hydrogens is 264 g/mol. The zero-order valence-corrected chi connectivity index (χ0v) is 11.7. The van der Waals surface area contributed by atoms with Crippen LogP contribution >= 0.6 is 0 Å². The number of ether oxygens (including phenoxy) is 1. The molecule has 1 aliphatic heterocycles. The SMILES string of the molecule is COc1cccc(NC(=O)CS(=O)CC2CNC2)c1. The molecule has 0 saturated carbocycles. The summed E-state index contributed by atoms with van der Waals surface area (Å²) in [5, 5.41) is 5.85. The van der Waals surface area contributed by atoms with Gasteiger partial charge in [0, 0.05) is 41.4 Å². The maximum atomic E-state index is 11.8. The van der Waals surface area contributed by atoms with Crippen LogP contribution in [0.1, 0.15) is 0 Å². The second-order valence-electron chi connectivity index (χ2n) is 4.56. The van der Waals surface area contributed by atoms with E-state index in [4.69, 9.17) is 4.74 Å². The predicted molar refractivity (Wildman–Crippen MR) is 75.9 cm³/mol. The lowest BCUT2D eigenvalue weighted by Gasteiger charge is -2.26. The fourth-order valence-corrected chi connectivity index (χ4v) is 3.08. The summed E-state index contributed by atoms with van der Waals surface area (Å²) in [6, 6.07) is 7.11. The first-order valence-electron chi connectivity index (χ1n) is 6.17. The van der Waals surface area contributed by atoms with Crippen LogP contribution in [0.3, 0.4) is 0 Å². The van der Waals surface area contributed by atoms with Crippen LogP contribution in [0.25, 0.3) is 0 Å². The van der Waals surface area contributed by atoms with Gasteiger partial charge < -0.3 is 15.4 Å². The zero-order chi connectivity index (χ0) is 13.7. The van der Waals surface area contributed by atoms with Crippen molar-refractivity contribution in [3.63, 3.8) is 0 Å². The molecule has 1 aromatic rings. The Morgan fingerprint density at radius 3 is 2.95 bits per heavy atom. The van der Waals surface area contributed by atoms with E-state index in [9.17, 15) is 9.00 Å². The molecule has 1 amide bonds. The average molecular weight is 282 g/mol. The molecule has 19 heavy (non-hydrogen) atoms. The Kier molecular flexibility index (Phi) is 4.93. The molecule has 1 unspecified atom stereocenters. The van der Waals surface area contributed by atoms with Gasteiger partial charge >= 0.3 is 0 Å². The molecule has 1 aliphatic rings. The van der Waals surface area contributed by atoms with E-state index in [1.807, 2.05) is 0 Å². The molecule has 0 bridgehead atoms. The highest BCUT2D eigenvalue weighted by Crippen LogP contribution is 2.16. The van der Waals surface area contributed by atoms with Gasteiger partial charge in [0.05, 0.1) is 7.11 Å². The lowest BCUT2D eigenvalue weighted by molar-refractivity contribution is -0.113. The fourth-order valence-electron chi connectivity index (χ4n) is 1.83. The largest absolute Gasteiger partial charge is 0.497 e. The minimum Gasteiger partial charge on any atom is -0.497 e. The van der Waals surface area contributed by atoms with Crippen LogP contribution in [0.2, 0.25) is 0 Å². The van der Waals surface area contributed by atoms with Gasteiger partial charge in [-0.05, 0) is 18.1 Å². The number of anilines is 1. The molecule has 0 radical (unpaired) electrons. The van der Waals surface area contributed by atoms with Crippen LogP contribution in [0.4, 0.5) is 5.69 Å². The smallest absolute Gasteiger partial charge is 0.236 e. The highest BCUT2D eigenvalue weighted by molar-refractivity contribution is 7.85. The van der Waals surface area contributed by atoms with E-state index in [2.05, 4.69) is 10.6 Å². The molecule has 104 valence electrons. The predicted octanol–water partition coefficient (Wildman–Crippen LogP) is 0.602. The van der Waals surface area contributed by atoms with Gasteiger partial charge in [-0.15, -0.1) is 0 Å². The second-order valence-corrected chi connectivity index (χ2v) is 6.06. The third-order valence-electron chi connectivity index (χ3n) is 2.93. The Balaban J connectivity index is 1.80. The van der Waals surface area contributed by atoms with Gasteiger partial charge in [0.15, 0.2) is 0 Å². The molecule has 2 N–H and O–H groups in total. The number of hydrogen-bond acceptors (Lipinski definition) is 4. The first-order chi connectivity index (χ1) is 9.17. The van der Waals surface area contributed by atoms with Gasteiger partial charge in [0.25, 0.3) is 0 Å². The number of benzene rings is 1. The standard InChI is InChI=1S/C13H18N2O3S/c1-18-12-4-2-3-11(5-12)15-13(16)9-19(17)8-10-6-14-7-10/h2-5,10,14H,6-9H2,1H3,(H,15,16). The number of rotatable bonds is 6. The van der Waals surface area contributed by atoms with E-state index < -0.39 is 10.8 Å². The van der Waals surface area contributed by atoms with Gasteiger partial charge in [0.2, 0.25) is 5.91 Å². The van der Waals surface area contributed by atoms with E-state index in [-0.39, 0.29) is 11.7 Å². The van der Waals surface area contributed by atoms with Crippen LogP contribution in [-0.2, 0) is 15.6 Å². The van der Waals surface area contributed by atoms with E-state index in [0.717, 1.165) is 13.1 Å². The summed E-state index contributed by atoms with van der Waals surface area (Å²) in [5.74, 6) is 1.55. The van der Waals surface area contributed by atoms with E-state index in [1.165, 1.54) is 0 Å². The minimum atomic E-state index is -1.09. The third kappa shape index (κ3) is 4.33. The maximum Gasteiger partial charge on any atom is 0.236 e. The summed E-state index contributed by atoms with van der Waals surface area (Å²) < 4.78 is 16.8. The van der Waals surface area contributed by atoms with Crippen LogP contribution in [0.5, 0.6) is 5.75 Å². The molecule has 1 heterocycles. The molecule has 2 rings (SSSR count).